The fourth-order valence-corrected chi connectivity index (χ4v) is 2.25. The molecule has 2 nitrogen and oxygen atoms in total. The van der Waals surface area contributed by atoms with Crippen LogP contribution in [0.5, 0.6) is 0 Å². The van der Waals surface area contributed by atoms with E-state index in [0.29, 0.717) is 5.41 Å². The topological polar surface area (TPSA) is 15.3 Å². The van der Waals surface area contributed by atoms with E-state index in [9.17, 15) is 0 Å². The van der Waals surface area contributed by atoms with Gasteiger partial charge in [-0.15, -0.1) is 0 Å². The highest BCUT2D eigenvalue weighted by molar-refractivity contribution is 4.85. The van der Waals surface area contributed by atoms with Crippen molar-refractivity contribution in [2.45, 2.75) is 40.0 Å². The van der Waals surface area contributed by atoms with E-state index in [1.54, 1.807) is 0 Å². The van der Waals surface area contributed by atoms with Crippen molar-refractivity contribution in [3.05, 3.63) is 0 Å². The van der Waals surface area contributed by atoms with E-state index >= 15 is 0 Å². The first kappa shape index (κ1) is 13.9. The van der Waals surface area contributed by atoms with Crippen LogP contribution in [0.15, 0.2) is 0 Å². The monoisotopic (exact) mass is 200 g/mol. The number of hydrogen-bond donors (Lipinski definition) is 1. The van der Waals surface area contributed by atoms with Crippen LogP contribution in [-0.4, -0.2) is 38.6 Å². The highest BCUT2D eigenvalue weighted by Gasteiger charge is 2.30. The number of piperidine rings is 1. The van der Waals surface area contributed by atoms with Gasteiger partial charge >= 0.3 is 0 Å². The van der Waals surface area contributed by atoms with E-state index in [0.717, 1.165) is 0 Å². The zero-order valence-corrected chi connectivity index (χ0v) is 10.7. The highest BCUT2D eigenvalue weighted by Crippen LogP contribution is 2.32. The van der Waals surface area contributed by atoms with Crippen molar-refractivity contribution >= 4 is 0 Å². The van der Waals surface area contributed by atoms with Crippen molar-refractivity contribution < 1.29 is 0 Å². The molecule has 0 aromatic rings. The van der Waals surface area contributed by atoms with Crippen LogP contribution in [0.3, 0.4) is 0 Å². The molecule has 0 spiro atoms. The van der Waals surface area contributed by atoms with Gasteiger partial charge in [-0.1, -0.05) is 20.8 Å². The molecule has 1 aliphatic heterocycles. The molecule has 0 radical (unpaired) electrons. The molecule has 1 N–H and O–H groups in total. The van der Waals surface area contributed by atoms with Gasteiger partial charge in [0.05, 0.1) is 0 Å². The summed E-state index contributed by atoms with van der Waals surface area (Å²) < 4.78 is 0. The first-order valence-electron chi connectivity index (χ1n) is 6.04. The number of nitrogens with one attached hydrogen (secondary N) is 1. The Morgan fingerprint density at radius 3 is 2.00 bits per heavy atom. The molecule has 0 saturated carbocycles. The second-order valence-electron chi connectivity index (χ2n) is 4.34. The largest absolute Gasteiger partial charge is 0.317 e. The average Bonchev–Trinajstić information content (AvgIpc) is 2.21. The summed E-state index contributed by atoms with van der Waals surface area (Å²) in [6, 6.07) is 0. The van der Waals surface area contributed by atoms with Crippen LogP contribution in [0, 0.1) is 5.41 Å². The Bertz CT molecular complexity index is 126. The van der Waals surface area contributed by atoms with Gasteiger partial charge < -0.3 is 10.2 Å². The quantitative estimate of drug-likeness (QED) is 0.752. The van der Waals surface area contributed by atoms with Gasteiger partial charge in [0.15, 0.2) is 0 Å². The Hall–Kier alpha value is -0.0800. The molecule has 86 valence electrons. The lowest BCUT2D eigenvalue weighted by molar-refractivity contribution is 0.137. The van der Waals surface area contributed by atoms with Gasteiger partial charge in [0.1, 0.15) is 0 Å². The Kier molecular flexibility index (Phi) is 7.20. The minimum absolute atomic E-state index is 0.606. The molecule has 0 aromatic carbocycles. The smallest absolute Gasteiger partial charge is 0.00327 e. The van der Waals surface area contributed by atoms with Gasteiger partial charge in [-0.25, -0.2) is 0 Å². The zero-order chi connectivity index (χ0) is 11.0. The van der Waals surface area contributed by atoms with E-state index in [2.05, 4.69) is 31.2 Å². The normalized spacial score (nSPS) is 20.1. The van der Waals surface area contributed by atoms with Gasteiger partial charge in [0.2, 0.25) is 0 Å². The van der Waals surface area contributed by atoms with Crippen LogP contribution < -0.4 is 5.32 Å². The summed E-state index contributed by atoms with van der Waals surface area (Å²) in [6.07, 6.45) is 4.02. The molecular weight excluding hydrogens is 172 g/mol. The summed E-state index contributed by atoms with van der Waals surface area (Å²) in [5.74, 6) is 0. The third kappa shape index (κ3) is 4.43. The first-order chi connectivity index (χ1) is 6.68. The molecule has 2 heteroatoms. The molecule has 0 amide bonds. The fourth-order valence-electron chi connectivity index (χ4n) is 2.25. The summed E-state index contributed by atoms with van der Waals surface area (Å²) in [6.45, 7) is 10.0. The molecule has 1 saturated heterocycles. The lowest BCUT2D eigenvalue weighted by Gasteiger charge is -2.39. The maximum atomic E-state index is 3.43. The molecule has 0 aliphatic carbocycles. The van der Waals surface area contributed by atoms with Crippen molar-refractivity contribution in [1.29, 1.82) is 0 Å². The van der Waals surface area contributed by atoms with Crippen molar-refractivity contribution in [2.24, 2.45) is 5.41 Å². The van der Waals surface area contributed by atoms with Gasteiger partial charge in [0.25, 0.3) is 0 Å². The van der Waals surface area contributed by atoms with Crippen molar-refractivity contribution in [3.63, 3.8) is 0 Å². The van der Waals surface area contributed by atoms with Crippen molar-refractivity contribution in [3.8, 4) is 0 Å². The van der Waals surface area contributed by atoms with E-state index < -0.39 is 0 Å². The van der Waals surface area contributed by atoms with Gasteiger partial charge in [-0.05, 0) is 51.9 Å². The van der Waals surface area contributed by atoms with Crippen LogP contribution >= 0.6 is 0 Å². The molecule has 1 aliphatic rings. The van der Waals surface area contributed by atoms with E-state index in [1.807, 2.05) is 13.8 Å². The predicted molar refractivity (Wildman–Crippen MR) is 64.7 cm³/mol. The summed E-state index contributed by atoms with van der Waals surface area (Å²) in [4.78, 5) is 2.33. The van der Waals surface area contributed by atoms with Crippen LogP contribution in [-0.2, 0) is 0 Å². The van der Waals surface area contributed by atoms with Crippen LogP contribution in [0.1, 0.15) is 40.0 Å². The molecule has 0 atom stereocenters. The number of rotatable bonds is 3. The summed E-state index contributed by atoms with van der Waals surface area (Å²) in [5, 5.41) is 3.43. The lowest BCUT2D eigenvalue weighted by Crippen LogP contribution is -2.42. The summed E-state index contributed by atoms with van der Waals surface area (Å²) in [7, 11) is 4.36. The summed E-state index contributed by atoms with van der Waals surface area (Å²) >= 11 is 0. The third-order valence-corrected chi connectivity index (χ3v) is 3.07. The number of nitrogens with zero attached hydrogens (tertiary/aromatic N) is 1. The van der Waals surface area contributed by atoms with Gasteiger partial charge in [-0.2, -0.15) is 0 Å². The van der Waals surface area contributed by atoms with Crippen LogP contribution in [0.2, 0.25) is 0 Å². The molecule has 0 bridgehead atoms. The second-order valence-corrected chi connectivity index (χ2v) is 4.34. The lowest BCUT2D eigenvalue weighted by atomic mass is 9.76. The van der Waals surface area contributed by atoms with E-state index in [-0.39, 0.29) is 0 Å². The number of hydrogen-bond acceptors (Lipinski definition) is 2. The maximum absolute atomic E-state index is 3.43. The molecule has 14 heavy (non-hydrogen) atoms. The minimum atomic E-state index is 0.606. The Morgan fingerprint density at radius 2 is 1.64 bits per heavy atom. The molecule has 0 aromatic heterocycles. The standard InChI is InChI=1S/C10H22N2.C2H6/c1-4-10(9-12(2)3)5-7-11-8-6-10;1-2/h11H,4-9H2,1-3H3;1-2H3. The average molecular weight is 200 g/mol. The van der Waals surface area contributed by atoms with Gasteiger partial charge in [-0.3, -0.25) is 0 Å². The molecular formula is C12H28N2. The van der Waals surface area contributed by atoms with Crippen LogP contribution in [0.4, 0.5) is 0 Å². The van der Waals surface area contributed by atoms with Crippen molar-refractivity contribution in [1.82, 2.24) is 10.2 Å². The van der Waals surface area contributed by atoms with Gasteiger partial charge in [0, 0.05) is 6.54 Å². The Labute approximate surface area is 90.1 Å². The summed E-state index contributed by atoms with van der Waals surface area (Å²) in [5.41, 5.74) is 0.606. The predicted octanol–water partition coefficient (Wildman–Crippen LogP) is 2.35. The molecule has 1 rings (SSSR count). The molecule has 1 heterocycles. The Balaban J connectivity index is 0.000000791. The van der Waals surface area contributed by atoms with E-state index in [4.69, 9.17) is 0 Å². The SMILES string of the molecule is CC.CCC1(CN(C)C)CCNCC1. The third-order valence-electron chi connectivity index (χ3n) is 3.07. The second kappa shape index (κ2) is 7.24. The molecule has 0 unspecified atom stereocenters. The molecule has 1 fully saturated rings. The Morgan fingerprint density at radius 1 is 1.14 bits per heavy atom. The van der Waals surface area contributed by atoms with E-state index in [1.165, 1.54) is 38.9 Å². The maximum Gasteiger partial charge on any atom is 0.00327 e. The minimum Gasteiger partial charge on any atom is -0.317 e. The van der Waals surface area contributed by atoms with Crippen LogP contribution in [0.25, 0.3) is 0 Å². The fraction of sp³-hybridized carbons (Fsp3) is 1.00. The highest BCUT2D eigenvalue weighted by atomic mass is 15.1. The first-order valence-corrected chi connectivity index (χ1v) is 6.04. The van der Waals surface area contributed by atoms with Crippen molar-refractivity contribution in [2.75, 3.05) is 33.7 Å². The zero-order valence-electron chi connectivity index (χ0n) is 10.7.